The van der Waals surface area contributed by atoms with Crippen molar-refractivity contribution >= 4 is 38.3 Å². The van der Waals surface area contributed by atoms with Crippen molar-refractivity contribution in [3.63, 3.8) is 0 Å². The van der Waals surface area contributed by atoms with Crippen LogP contribution in [0.5, 0.6) is 0 Å². The number of carbonyl (C=O) groups excluding carboxylic acids is 1. The summed E-state index contributed by atoms with van der Waals surface area (Å²) in [7, 11) is 0. The van der Waals surface area contributed by atoms with Gasteiger partial charge in [-0.2, -0.15) is 5.10 Å². The van der Waals surface area contributed by atoms with Gasteiger partial charge in [-0.25, -0.2) is 4.98 Å². The van der Waals surface area contributed by atoms with Crippen molar-refractivity contribution in [1.29, 1.82) is 0 Å². The predicted molar refractivity (Wildman–Crippen MR) is 79.5 cm³/mol. The highest BCUT2D eigenvalue weighted by Gasteiger charge is 2.08. The molecule has 0 aliphatic heterocycles. The van der Waals surface area contributed by atoms with Crippen molar-refractivity contribution < 1.29 is 4.79 Å². The van der Waals surface area contributed by atoms with Crippen molar-refractivity contribution in [3.05, 3.63) is 36.7 Å². The molecule has 0 spiro atoms. The molecule has 0 bridgehead atoms. The van der Waals surface area contributed by atoms with Crippen LogP contribution in [0, 0.1) is 0 Å². The standard InChI is InChI=1S/C13H13N5OS/c14-9-2-3-10-11(8-9)20-13(16-10)17-12(19)4-7-18-6-1-5-15-18/h1-3,5-6,8H,4,7,14H2,(H,16,17,19). The average molecular weight is 287 g/mol. The zero-order valence-electron chi connectivity index (χ0n) is 10.6. The van der Waals surface area contributed by atoms with E-state index < -0.39 is 0 Å². The van der Waals surface area contributed by atoms with E-state index in [1.165, 1.54) is 11.3 Å². The molecule has 0 aliphatic carbocycles. The summed E-state index contributed by atoms with van der Waals surface area (Å²) in [6.07, 6.45) is 3.88. The SMILES string of the molecule is Nc1ccc2nc(NC(=O)CCn3cccn3)sc2c1. The number of nitrogens with one attached hydrogen (secondary N) is 1. The summed E-state index contributed by atoms with van der Waals surface area (Å²) < 4.78 is 2.69. The molecule has 1 amide bonds. The number of aryl methyl sites for hydroxylation is 1. The van der Waals surface area contributed by atoms with Crippen LogP contribution in [-0.4, -0.2) is 20.7 Å². The van der Waals surface area contributed by atoms with E-state index in [-0.39, 0.29) is 5.91 Å². The zero-order valence-corrected chi connectivity index (χ0v) is 11.4. The van der Waals surface area contributed by atoms with Gasteiger partial charge in [0, 0.05) is 31.0 Å². The van der Waals surface area contributed by atoms with Crippen molar-refractivity contribution in [2.45, 2.75) is 13.0 Å². The highest BCUT2D eigenvalue weighted by atomic mass is 32.1. The van der Waals surface area contributed by atoms with Crippen molar-refractivity contribution in [2.75, 3.05) is 11.1 Å². The number of thiazole rings is 1. The first-order valence-electron chi connectivity index (χ1n) is 6.14. The molecule has 0 saturated carbocycles. The number of anilines is 2. The Balaban J connectivity index is 1.65. The van der Waals surface area contributed by atoms with E-state index in [4.69, 9.17) is 5.73 Å². The lowest BCUT2D eigenvalue weighted by molar-refractivity contribution is -0.116. The topological polar surface area (TPSA) is 85.8 Å². The fourth-order valence-electron chi connectivity index (χ4n) is 1.83. The lowest BCUT2D eigenvalue weighted by Gasteiger charge is -2.01. The molecule has 6 nitrogen and oxygen atoms in total. The second-order valence-electron chi connectivity index (χ2n) is 4.31. The average Bonchev–Trinajstić information content (AvgIpc) is 3.04. The molecule has 1 aromatic carbocycles. The van der Waals surface area contributed by atoms with Crippen molar-refractivity contribution in [2.24, 2.45) is 0 Å². The maximum atomic E-state index is 11.8. The molecule has 20 heavy (non-hydrogen) atoms. The van der Waals surface area contributed by atoms with E-state index in [1.54, 1.807) is 16.9 Å². The van der Waals surface area contributed by atoms with Gasteiger partial charge in [0.2, 0.25) is 5.91 Å². The van der Waals surface area contributed by atoms with Crippen LogP contribution in [-0.2, 0) is 11.3 Å². The number of nitrogen functional groups attached to an aromatic ring is 1. The minimum atomic E-state index is -0.0764. The van der Waals surface area contributed by atoms with Gasteiger partial charge >= 0.3 is 0 Å². The molecule has 0 aliphatic rings. The maximum absolute atomic E-state index is 11.8. The zero-order chi connectivity index (χ0) is 13.9. The first kappa shape index (κ1) is 12.6. The molecule has 0 atom stereocenters. The number of hydrogen-bond acceptors (Lipinski definition) is 5. The Hall–Kier alpha value is -2.41. The summed E-state index contributed by atoms with van der Waals surface area (Å²) in [5, 5.41) is 7.44. The summed E-state index contributed by atoms with van der Waals surface area (Å²) in [5.41, 5.74) is 7.25. The summed E-state index contributed by atoms with van der Waals surface area (Å²) in [4.78, 5) is 16.2. The highest BCUT2D eigenvalue weighted by Crippen LogP contribution is 2.27. The Bertz CT molecular complexity index is 734. The summed E-state index contributed by atoms with van der Waals surface area (Å²) >= 11 is 1.42. The minimum Gasteiger partial charge on any atom is -0.399 e. The molecule has 7 heteroatoms. The summed E-state index contributed by atoms with van der Waals surface area (Å²) in [6, 6.07) is 7.33. The summed E-state index contributed by atoms with van der Waals surface area (Å²) in [5.74, 6) is -0.0764. The van der Waals surface area contributed by atoms with Crippen molar-refractivity contribution in [1.82, 2.24) is 14.8 Å². The maximum Gasteiger partial charge on any atom is 0.228 e. The number of amides is 1. The van der Waals surface area contributed by atoms with Gasteiger partial charge in [-0.05, 0) is 24.3 Å². The molecule has 0 unspecified atom stereocenters. The molecule has 0 fully saturated rings. The monoisotopic (exact) mass is 287 g/mol. The molecule has 2 heterocycles. The number of fused-ring (bicyclic) bond motifs is 1. The van der Waals surface area contributed by atoms with Gasteiger partial charge in [0.25, 0.3) is 0 Å². The van der Waals surface area contributed by atoms with Gasteiger partial charge in [-0.15, -0.1) is 0 Å². The van der Waals surface area contributed by atoms with E-state index in [0.29, 0.717) is 23.8 Å². The first-order chi connectivity index (χ1) is 9.70. The van der Waals surface area contributed by atoms with Crippen LogP contribution in [0.3, 0.4) is 0 Å². The number of rotatable bonds is 4. The fraction of sp³-hybridized carbons (Fsp3) is 0.154. The molecular formula is C13H13N5OS. The molecule has 3 N–H and O–H groups in total. The van der Waals surface area contributed by atoms with Gasteiger partial charge in [-0.3, -0.25) is 9.48 Å². The largest absolute Gasteiger partial charge is 0.399 e. The van der Waals surface area contributed by atoms with Gasteiger partial charge in [0.05, 0.1) is 10.2 Å². The number of nitrogens with two attached hydrogens (primary N) is 1. The van der Waals surface area contributed by atoms with Crippen LogP contribution >= 0.6 is 11.3 Å². The molecule has 3 aromatic rings. The Kier molecular flexibility index (Phi) is 3.34. The van der Waals surface area contributed by atoms with E-state index in [9.17, 15) is 4.79 Å². The molecule has 3 rings (SSSR count). The number of hydrogen-bond donors (Lipinski definition) is 2. The Morgan fingerprint density at radius 3 is 3.15 bits per heavy atom. The van der Waals surface area contributed by atoms with Crippen LogP contribution in [0.25, 0.3) is 10.2 Å². The second kappa shape index (κ2) is 5.30. The lowest BCUT2D eigenvalue weighted by atomic mass is 10.3. The number of nitrogens with zero attached hydrogens (tertiary/aromatic N) is 3. The smallest absolute Gasteiger partial charge is 0.228 e. The third-order valence-corrected chi connectivity index (χ3v) is 3.72. The normalized spacial score (nSPS) is 10.8. The summed E-state index contributed by atoms with van der Waals surface area (Å²) in [6.45, 7) is 0.552. The number of aromatic nitrogens is 3. The number of benzene rings is 1. The Labute approximate surface area is 119 Å². The quantitative estimate of drug-likeness (QED) is 0.720. The van der Waals surface area contributed by atoms with E-state index in [0.717, 1.165) is 10.2 Å². The van der Waals surface area contributed by atoms with Crippen LogP contribution in [0.15, 0.2) is 36.7 Å². The molecule has 102 valence electrons. The highest BCUT2D eigenvalue weighted by molar-refractivity contribution is 7.22. The van der Waals surface area contributed by atoms with Crippen LogP contribution < -0.4 is 11.1 Å². The molecule has 2 aromatic heterocycles. The van der Waals surface area contributed by atoms with E-state index in [1.807, 2.05) is 24.4 Å². The van der Waals surface area contributed by atoms with Gasteiger partial charge in [0.15, 0.2) is 5.13 Å². The van der Waals surface area contributed by atoms with Crippen molar-refractivity contribution in [3.8, 4) is 0 Å². The third-order valence-electron chi connectivity index (χ3n) is 2.79. The van der Waals surface area contributed by atoms with Crippen LogP contribution in [0.4, 0.5) is 10.8 Å². The molecule has 0 radical (unpaired) electrons. The molecular weight excluding hydrogens is 274 g/mol. The number of carbonyl (C=O) groups is 1. The fourth-order valence-corrected chi connectivity index (χ4v) is 2.76. The van der Waals surface area contributed by atoms with Gasteiger partial charge in [-0.1, -0.05) is 11.3 Å². The van der Waals surface area contributed by atoms with Crippen LogP contribution in [0.2, 0.25) is 0 Å². The van der Waals surface area contributed by atoms with E-state index >= 15 is 0 Å². The van der Waals surface area contributed by atoms with Crippen LogP contribution in [0.1, 0.15) is 6.42 Å². The molecule has 0 saturated heterocycles. The lowest BCUT2D eigenvalue weighted by Crippen LogP contribution is -2.14. The minimum absolute atomic E-state index is 0.0764. The Morgan fingerprint density at radius 1 is 1.45 bits per heavy atom. The third kappa shape index (κ3) is 2.77. The second-order valence-corrected chi connectivity index (χ2v) is 5.34. The first-order valence-corrected chi connectivity index (χ1v) is 6.96. The van der Waals surface area contributed by atoms with Gasteiger partial charge in [0.1, 0.15) is 0 Å². The predicted octanol–water partition coefficient (Wildman–Crippen LogP) is 2.10. The van der Waals surface area contributed by atoms with Gasteiger partial charge < -0.3 is 11.1 Å². The van der Waals surface area contributed by atoms with E-state index in [2.05, 4.69) is 15.4 Å². The Morgan fingerprint density at radius 2 is 2.35 bits per heavy atom.